The molecule has 3 N–H and O–H groups in total. The van der Waals surface area contributed by atoms with Crippen molar-refractivity contribution in [1.82, 2.24) is 30.2 Å². The number of carboxylic acid groups (broad SMARTS) is 1. The molecule has 1 aromatic carbocycles. The first-order valence-electron chi connectivity index (χ1n) is 23.5. The second-order valence-corrected chi connectivity index (χ2v) is 19.0. The average molecular weight is 941 g/mol. The first kappa shape index (κ1) is 55.6. The van der Waals surface area contributed by atoms with Gasteiger partial charge < -0.3 is 39.9 Å². The summed E-state index contributed by atoms with van der Waals surface area (Å²) in [5.41, 5.74) is 0.855. The molecule has 3 rings (SSSR count). The van der Waals surface area contributed by atoms with Crippen LogP contribution in [0.25, 0.3) is 0 Å². The molecule has 9 atom stereocenters. The van der Waals surface area contributed by atoms with Crippen LogP contribution in [0.1, 0.15) is 105 Å². The second-order valence-electron chi connectivity index (χ2n) is 18.6. The number of carboxylic acids is 1. The van der Waals surface area contributed by atoms with Gasteiger partial charge in [0.05, 0.1) is 35.7 Å². The highest BCUT2D eigenvalue weighted by Gasteiger charge is 2.43. The first-order valence-corrected chi connectivity index (χ1v) is 23.9. The van der Waals surface area contributed by atoms with Gasteiger partial charge in [0.15, 0.2) is 0 Å². The van der Waals surface area contributed by atoms with Gasteiger partial charge in [0.2, 0.25) is 23.6 Å². The molecule has 0 radical (unpaired) electrons. The fourth-order valence-electron chi connectivity index (χ4n) is 9.26. The Morgan fingerprint density at radius 1 is 0.879 bits per heavy atom. The first-order chi connectivity index (χ1) is 31.2. The van der Waals surface area contributed by atoms with Crippen LogP contribution in [0.15, 0.2) is 42.5 Å². The van der Waals surface area contributed by atoms with E-state index in [2.05, 4.69) is 10.6 Å². The zero-order chi connectivity index (χ0) is 49.4. The Kier molecular flexibility index (Phi) is 22.4. The van der Waals surface area contributed by atoms with Crippen molar-refractivity contribution in [3.05, 3.63) is 48.0 Å². The van der Waals surface area contributed by atoms with E-state index in [1.165, 1.54) is 29.1 Å². The maximum atomic E-state index is 14.6. The summed E-state index contributed by atoms with van der Waals surface area (Å²) in [6, 6.07) is 5.66. The number of carbonyl (C=O) groups is 7. The SMILES string of the molecule is CC[C@H](C)[C@@H]([C@@H](CC(=O)N1CCC[C@H]1[C@H](OC)[C@@H](C)C(=S)N[C@@H](Cc1ccccc1)C(=O)O)OC)N(C)C(=O)[C@@H](NC(=O)[C@H](C(C)C)N(C)C(=O)CCCCCN1C(=O)C=CC1=O)C(C)C. The van der Waals surface area contributed by atoms with Crippen molar-refractivity contribution in [1.29, 1.82) is 0 Å². The van der Waals surface area contributed by atoms with E-state index in [1.54, 1.807) is 31.0 Å². The van der Waals surface area contributed by atoms with Crippen molar-refractivity contribution in [2.24, 2.45) is 23.7 Å². The third-order valence-corrected chi connectivity index (χ3v) is 13.8. The molecule has 0 aliphatic carbocycles. The number of thiocarbonyl (C=S) groups is 1. The molecule has 1 aromatic rings. The van der Waals surface area contributed by atoms with Crippen molar-refractivity contribution in [3.63, 3.8) is 0 Å². The number of nitrogens with zero attached hydrogens (tertiary/aromatic N) is 4. The molecule has 1 saturated heterocycles. The van der Waals surface area contributed by atoms with Crippen LogP contribution in [0.5, 0.6) is 0 Å². The topological polar surface area (TPSA) is 195 Å². The largest absolute Gasteiger partial charge is 0.480 e. The Balaban J connectivity index is 1.71. The number of benzene rings is 1. The monoisotopic (exact) mass is 941 g/mol. The Morgan fingerprint density at radius 3 is 2.06 bits per heavy atom. The Morgan fingerprint density at radius 2 is 1.52 bits per heavy atom. The number of nitrogens with one attached hydrogen (secondary N) is 2. The molecular formula is C49H76N6O10S. The molecule has 0 bridgehead atoms. The van der Waals surface area contributed by atoms with Crippen molar-refractivity contribution in [2.75, 3.05) is 41.4 Å². The number of methoxy groups -OCH3 is 2. The predicted molar refractivity (Wildman–Crippen MR) is 256 cm³/mol. The molecule has 0 saturated carbocycles. The van der Waals surface area contributed by atoms with E-state index in [0.717, 1.165) is 12.0 Å². The van der Waals surface area contributed by atoms with E-state index in [4.69, 9.17) is 21.7 Å². The van der Waals surface area contributed by atoms with E-state index in [9.17, 15) is 38.7 Å². The van der Waals surface area contributed by atoms with Crippen LogP contribution in [0, 0.1) is 23.7 Å². The van der Waals surface area contributed by atoms with Crippen LogP contribution in [-0.4, -0.2) is 155 Å². The van der Waals surface area contributed by atoms with Crippen LogP contribution in [-0.2, 0) is 49.5 Å². The minimum absolute atomic E-state index is 0.0297. The molecule has 1 fully saturated rings. The zero-order valence-corrected chi connectivity index (χ0v) is 41.8. The van der Waals surface area contributed by atoms with Crippen molar-refractivity contribution in [2.45, 2.75) is 149 Å². The number of amides is 6. The summed E-state index contributed by atoms with van der Waals surface area (Å²) >= 11 is 5.77. The summed E-state index contributed by atoms with van der Waals surface area (Å²) in [5.74, 6) is -4.05. The number of likely N-dealkylation sites (tertiary alicyclic amines) is 1. The fraction of sp³-hybridized carbons (Fsp3) is 0.673. The van der Waals surface area contributed by atoms with Gasteiger partial charge in [0, 0.05) is 72.3 Å². The summed E-state index contributed by atoms with van der Waals surface area (Å²) < 4.78 is 12.1. The van der Waals surface area contributed by atoms with Gasteiger partial charge >= 0.3 is 5.97 Å². The lowest BCUT2D eigenvalue weighted by Crippen LogP contribution is -2.60. The van der Waals surface area contributed by atoms with Gasteiger partial charge in [-0.25, -0.2) is 4.79 Å². The third kappa shape index (κ3) is 14.9. The van der Waals surface area contributed by atoms with E-state index in [0.29, 0.717) is 43.6 Å². The Hall–Kier alpha value is -4.74. The number of ether oxygens (including phenoxy) is 2. The van der Waals surface area contributed by atoms with Crippen LogP contribution >= 0.6 is 12.2 Å². The van der Waals surface area contributed by atoms with Crippen LogP contribution in [0.4, 0.5) is 0 Å². The molecule has 0 aromatic heterocycles. The van der Waals surface area contributed by atoms with Gasteiger partial charge in [0.25, 0.3) is 11.8 Å². The van der Waals surface area contributed by atoms with Crippen LogP contribution in [0.2, 0.25) is 0 Å². The molecule has 6 amide bonds. The number of likely N-dealkylation sites (N-methyl/N-ethyl adjacent to an activating group) is 2. The van der Waals surface area contributed by atoms with Gasteiger partial charge in [-0.2, -0.15) is 0 Å². The van der Waals surface area contributed by atoms with Gasteiger partial charge in [-0.3, -0.25) is 33.7 Å². The van der Waals surface area contributed by atoms with Crippen molar-refractivity contribution >= 4 is 58.6 Å². The molecular weight excluding hydrogens is 865 g/mol. The van der Waals surface area contributed by atoms with E-state index >= 15 is 0 Å². The number of unbranched alkanes of at least 4 members (excludes halogenated alkanes) is 2. The normalized spacial score (nSPS) is 18.7. The predicted octanol–water partition coefficient (Wildman–Crippen LogP) is 4.63. The van der Waals surface area contributed by atoms with E-state index in [1.807, 2.05) is 78.8 Å². The lowest BCUT2D eigenvalue weighted by Gasteiger charge is -2.41. The van der Waals surface area contributed by atoms with Crippen molar-refractivity contribution < 1.29 is 48.1 Å². The van der Waals surface area contributed by atoms with Gasteiger partial charge in [0.1, 0.15) is 18.1 Å². The molecule has 2 heterocycles. The highest BCUT2D eigenvalue weighted by Crippen LogP contribution is 2.30. The quantitative estimate of drug-likeness (QED) is 0.0630. The second kappa shape index (κ2) is 26.6. The Bertz CT molecular complexity index is 1840. The standard InChI is InChI=1S/C49H76N6O10S/c1-12-32(6)44(37(64-10)29-41(59)54-27-19-22-36(54)45(65-11)33(7)47(66)50-35(49(62)63)28-34-20-15-13-16-21-34)53(9)48(61)42(30(2)3)51-46(60)43(31(4)5)52(8)38(56)23-17-14-18-26-55-39(57)24-25-40(55)58/h13,15-16,20-21,24-25,30-33,35-37,42-45H,12,14,17-19,22-23,26-29H2,1-11H3,(H,50,66)(H,51,60)(H,62,63)/t32-,33+,35-,36-,37+,42-,43-,44-,45+/m0/s1. The minimum Gasteiger partial charge on any atom is -0.480 e. The van der Waals surface area contributed by atoms with Gasteiger partial charge in [-0.1, -0.05) is 104 Å². The third-order valence-electron chi connectivity index (χ3n) is 13.3. The molecule has 2 aliphatic heterocycles. The van der Waals surface area contributed by atoms with E-state index in [-0.39, 0.29) is 79.1 Å². The maximum absolute atomic E-state index is 14.6. The number of rotatable bonds is 27. The van der Waals surface area contributed by atoms with Gasteiger partial charge in [-0.05, 0) is 49.0 Å². The van der Waals surface area contributed by atoms with Gasteiger partial charge in [-0.15, -0.1) is 0 Å². The summed E-state index contributed by atoms with van der Waals surface area (Å²) in [4.78, 5) is 98.7. The average Bonchev–Trinajstić information content (AvgIpc) is 3.89. The molecule has 16 nitrogen and oxygen atoms in total. The summed E-state index contributed by atoms with van der Waals surface area (Å²) in [6.07, 6.45) is 5.38. The molecule has 17 heteroatoms. The fourth-order valence-corrected chi connectivity index (χ4v) is 9.54. The number of hydrogen-bond acceptors (Lipinski definition) is 10. The van der Waals surface area contributed by atoms with Crippen LogP contribution in [0.3, 0.4) is 0 Å². The molecule has 368 valence electrons. The lowest BCUT2D eigenvalue weighted by atomic mass is 9.89. The molecule has 66 heavy (non-hydrogen) atoms. The highest BCUT2D eigenvalue weighted by atomic mass is 32.1. The number of carbonyl (C=O) groups excluding carboxylic acids is 6. The summed E-state index contributed by atoms with van der Waals surface area (Å²) in [7, 11) is 6.36. The number of aliphatic carboxylic acids is 1. The minimum atomic E-state index is -1.03. The summed E-state index contributed by atoms with van der Waals surface area (Å²) in [5, 5.41) is 16.1. The highest BCUT2D eigenvalue weighted by molar-refractivity contribution is 7.80. The van der Waals surface area contributed by atoms with E-state index < -0.39 is 54.2 Å². The zero-order valence-electron chi connectivity index (χ0n) is 41.0. The van der Waals surface area contributed by atoms with Crippen LogP contribution < -0.4 is 10.6 Å². The summed E-state index contributed by atoms with van der Waals surface area (Å²) in [6.45, 7) is 14.0. The Labute approximate surface area is 397 Å². The molecule has 2 aliphatic rings. The number of imide groups is 1. The molecule has 0 unspecified atom stereocenters. The number of hydrogen-bond donors (Lipinski definition) is 3. The maximum Gasteiger partial charge on any atom is 0.326 e. The molecule has 0 spiro atoms. The van der Waals surface area contributed by atoms with Crippen molar-refractivity contribution in [3.8, 4) is 0 Å². The lowest BCUT2D eigenvalue weighted by molar-refractivity contribution is -0.148. The smallest absolute Gasteiger partial charge is 0.326 e.